The van der Waals surface area contributed by atoms with E-state index in [-0.39, 0.29) is 5.41 Å². The fourth-order valence-electron chi connectivity index (χ4n) is 12.8. The van der Waals surface area contributed by atoms with Crippen LogP contribution >= 0.6 is 0 Å². The summed E-state index contributed by atoms with van der Waals surface area (Å²) in [5.41, 5.74) is 17.0. The highest BCUT2D eigenvalue weighted by Crippen LogP contribution is 2.64. The molecule has 10 aromatic rings. The van der Waals surface area contributed by atoms with Crippen molar-refractivity contribution in [1.29, 1.82) is 0 Å². The lowest BCUT2D eigenvalue weighted by molar-refractivity contribution is 0.0462. The van der Waals surface area contributed by atoms with E-state index >= 15 is 0 Å². The Morgan fingerprint density at radius 2 is 1.26 bits per heavy atom. The van der Waals surface area contributed by atoms with Crippen molar-refractivity contribution in [2.45, 2.75) is 50.9 Å². The summed E-state index contributed by atoms with van der Waals surface area (Å²) in [6.07, 6.45) is 7.74. The summed E-state index contributed by atoms with van der Waals surface area (Å²) in [5.74, 6) is 1.95. The van der Waals surface area contributed by atoms with Gasteiger partial charge in [0.1, 0.15) is 11.2 Å². The molecule has 8 aromatic carbocycles. The lowest BCUT2D eigenvalue weighted by Crippen LogP contribution is -2.52. The van der Waals surface area contributed by atoms with Crippen molar-refractivity contribution < 1.29 is 4.42 Å². The molecule has 300 valence electrons. The molecule has 1 aliphatic heterocycles. The Balaban J connectivity index is 1.12. The van der Waals surface area contributed by atoms with Gasteiger partial charge >= 0.3 is 0 Å². The maximum Gasteiger partial charge on any atom is 0.143 e. The van der Waals surface area contributed by atoms with Gasteiger partial charge in [0.05, 0.1) is 22.4 Å². The maximum absolute atomic E-state index is 6.64. The molecule has 62 heavy (non-hydrogen) atoms. The number of fused-ring (bicyclic) bond motifs is 8. The van der Waals surface area contributed by atoms with Crippen LogP contribution in [0, 0.1) is 17.8 Å². The lowest BCUT2D eigenvalue weighted by Gasteiger charge is -2.58. The molecule has 0 N–H and O–H groups in total. The van der Waals surface area contributed by atoms with Crippen LogP contribution in [-0.4, -0.2) is 4.57 Å². The predicted molar refractivity (Wildman–Crippen MR) is 258 cm³/mol. The largest absolute Gasteiger partial charge is 0.455 e. The third-order valence-electron chi connectivity index (χ3n) is 15.3. The second-order valence-corrected chi connectivity index (χ2v) is 18.2. The van der Waals surface area contributed by atoms with E-state index in [4.69, 9.17) is 4.42 Å². The number of aromatic nitrogens is 1. The van der Waals surface area contributed by atoms with E-state index in [0.717, 1.165) is 50.4 Å². The molecular formula is C59H48N2O. The third-order valence-corrected chi connectivity index (χ3v) is 15.3. The van der Waals surface area contributed by atoms with Gasteiger partial charge in [-0.15, -0.1) is 0 Å². The first-order valence-corrected chi connectivity index (χ1v) is 22.8. The second-order valence-electron chi connectivity index (χ2n) is 18.2. The smallest absolute Gasteiger partial charge is 0.143 e. The molecule has 3 aliphatic rings. The van der Waals surface area contributed by atoms with Gasteiger partial charge in [0.2, 0.25) is 0 Å². The number of nitrogens with zero attached hydrogens (tertiary/aromatic N) is 2. The van der Waals surface area contributed by atoms with Crippen LogP contribution in [-0.2, 0) is 5.41 Å². The van der Waals surface area contributed by atoms with Crippen molar-refractivity contribution >= 4 is 60.8 Å². The van der Waals surface area contributed by atoms with Gasteiger partial charge in [0.15, 0.2) is 0 Å². The molecule has 2 unspecified atom stereocenters. The lowest BCUT2D eigenvalue weighted by atomic mass is 9.47. The minimum Gasteiger partial charge on any atom is -0.455 e. The summed E-state index contributed by atoms with van der Waals surface area (Å²) < 4.78 is 9.27. The fourth-order valence-corrected chi connectivity index (χ4v) is 12.8. The Labute approximate surface area is 362 Å². The quantitative estimate of drug-likeness (QED) is 0.167. The molecule has 3 heterocycles. The third kappa shape index (κ3) is 5.05. The topological polar surface area (TPSA) is 21.3 Å². The van der Waals surface area contributed by atoms with Crippen molar-refractivity contribution in [2.75, 3.05) is 4.90 Å². The van der Waals surface area contributed by atoms with Crippen LogP contribution in [0.4, 0.5) is 17.1 Å². The van der Waals surface area contributed by atoms with Gasteiger partial charge in [0.25, 0.3) is 0 Å². The Hall–Kier alpha value is -6.84. The SMILES string of the molecule is CCC1C[C@H]2CCC[C@@H](C1)C21c2ccccc2-n2c3ccccc3c3cc(N(c4cccc(-c5cccc6c5oc5ccccc56)c4)c4ccccc4-c4ccccc4)cc1c32. The van der Waals surface area contributed by atoms with E-state index in [1.165, 1.54) is 94.0 Å². The highest BCUT2D eigenvalue weighted by Gasteiger charge is 2.57. The summed E-state index contributed by atoms with van der Waals surface area (Å²) in [4.78, 5) is 2.56. The van der Waals surface area contributed by atoms with Crippen molar-refractivity contribution in [3.8, 4) is 27.9 Å². The molecule has 4 atom stereocenters. The molecule has 2 bridgehead atoms. The van der Waals surface area contributed by atoms with Crippen LogP contribution < -0.4 is 4.90 Å². The van der Waals surface area contributed by atoms with Gasteiger partial charge in [-0.1, -0.05) is 153 Å². The first-order chi connectivity index (χ1) is 30.7. The molecule has 13 rings (SSSR count). The maximum atomic E-state index is 6.64. The van der Waals surface area contributed by atoms with E-state index in [1.54, 1.807) is 0 Å². The molecule has 0 saturated heterocycles. The van der Waals surface area contributed by atoms with Crippen molar-refractivity contribution in [2.24, 2.45) is 17.8 Å². The zero-order valence-electron chi connectivity index (χ0n) is 35.1. The van der Waals surface area contributed by atoms with E-state index in [0.29, 0.717) is 11.8 Å². The average molecular weight is 801 g/mol. The van der Waals surface area contributed by atoms with Crippen LogP contribution in [0.25, 0.3) is 71.7 Å². The zero-order chi connectivity index (χ0) is 40.9. The summed E-state index contributed by atoms with van der Waals surface area (Å²) in [7, 11) is 0. The first kappa shape index (κ1) is 35.9. The number of rotatable bonds is 6. The molecule has 3 nitrogen and oxygen atoms in total. The number of anilines is 3. The van der Waals surface area contributed by atoms with Gasteiger partial charge in [0, 0.05) is 49.5 Å². The molecule has 2 aliphatic carbocycles. The summed E-state index contributed by atoms with van der Waals surface area (Å²) >= 11 is 0. The predicted octanol–water partition coefficient (Wildman–Crippen LogP) is 16.3. The van der Waals surface area contributed by atoms with Crippen molar-refractivity contribution in [3.63, 3.8) is 0 Å². The number of hydrogen-bond acceptors (Lipinski definition) is 2. The molecule has 3 heteroatoms. The van der Waals surface area contributed by atoms with Crippen LogP contribution in [0.15, 0.2) is 186 Å². The Bertz CT molecular complexity index is 3360. The van der Waals surface area contributed by atoms with Crippen molar-refractivity contribution in [1.82, 2.24) is 4.57 Å². The van der Waals surface area contributed by atoms with Gasteiger partial charge in [-0.3, -0.25) is 0 Å². The highest BCUT2D eigenvalue weighted by atomic mass is 16.3. The Morgan fingerprint density at radius 1 is 0.565 bits per heavy atom. The first-order valence-electron chi connectivity index (χ1n) is 22.8. The summed E-state index contributed by atoms with van der Waals surface area (Å²) in [6, 6.07) is 67.8. The highest BCUT2D eigenvalue weighted by molar-refractivity contribution is 6.14. The minimum absolute atomic E-state index is 0.0669. The van der Waals surface area contributed by atoms with E-state index in [2.05, 4.69) is 198 Å². The number of benzene rings is 8. The molecular weight excluding hydrogens is 753 g/mol. The molecule has 0 amide bonds. The van der Waals surface area contributed by atoms with Crippen LogP contribution in [0.5, 0.6) is 0 Å². The molecule has 2 fully saturated rings. The van der Waals surface area contributed by atoms with E-state index in [9.17, 15) is 0 Å². The summed E-state index contributed by atoms with van der Waals surface area (Å²) in [5, 5.41) is 4.94. The van der Waals surface area contributed by atoms with Gasteiger partial charge in [-0.25, -0.2) is 0 Å². The van der Waals surface area contributed by atoms with E-state index in [1.807, 2.05) is 0 Å². The van der Waals surface area contributed by atoms with Gasteiger partial charge in [-0.05, 0) is 114 Å². The van der Waals surface area contributed by atoms with Crippen LogP contribution in [0.2, 0.25) is 0 Å². The average Bonchev–Trinajstić information content (AvgIpc) is 3.88. The molecule has 2 aromatic heterocycles. The fraction of sp³-hybridized carbons (Fsp3) is 0.186. The van der Waals surface area contributed by atoms with E-state index < -0.39 is 0 Å². The Kier molecular flexibility index (Phi) is 8.01. The molecule has 2 saturated carbocycles. The zero-order valence-corrected chi connectivity index (χ0v) is 35.1. The molecule has 0 radical (unpaired) electrons. The normalized spacial score (nSPS) is 20.3. The standard InChI is InChI=1S/C59H48N2O/c1-2-38-33-41-20-15-21-42(34-38)59(41)51-28-9-12-31-55(51)61-54-30-11-7-24-47(54)50-36-44(37-52(59)57(50)61)60(53-29-10-6-23-45(53)39-17-4-3-5-18-39)43-22-14-19-40(35-43)46-26-16-27-49-48-25-8-13-32-56(48)62-58(46)49/h3-14,16-19,22-32,35-38,41-42H,2,15,20-21,33-34H2,1H3/t38?,41-,42+,59?. The van der Waals surface area contributed by atoms with Crippen molar-refractivity contribution in [3.05, 3.63) is 193 Å². The second kappa shape index (κ2) is 13.8. The minimum atomic E-state index is -0.0669. The Morgan fingerprint density at radius 3 is 2.13 bits per heavy atom. The monoisotopic (exact) mass is 800 g/mol. The number of furan rings is 1. The number of hydrogen-bond donors (Lipinski definition) is 0. The number of para-hydroxylation sites is 5. The molecule has 1 spiro atoms. The summed E-state index contributed by atoms with van der Waals surface area (Å²) in [6.45, 7) is 2.43. The van der Waals surface area contributed by atoms with Gasteiger partial charge < -0.3 is 13.9 Å². The van der Waals surface area contributed by atoms with Crippen LogP contribution in [0.1, 0.15) is 56.6 Å². The van der Waals surface area contributed by atoms with Gasteiger partial charge in [-0.2, -0.15) is 0 Å². The van der Waals surface area contributed by atoms with Crippen LogP contribution in [0.3, 0.4) is 0 Å².